The van der Waals surface area contributed by atoms with Gasteiger partial charge in [-0.2, -0.15) is 5.10 Å². The molecule has 2 fully saturated rings. The normalized spacial score (nSPS) is 24.8. The summed E-state index contributed by atoms with van der Waals surface area (Å²) in [7, 11) is 1.61. The molecule has 2 aliphatic heterocycles. The number of hydrazone groups is 1. The Kier molecular flexibility index (Phi) is 6.33. The third kappa shape index (κ3) is 4.33. The Hall–Kier alpha value is -4.20. The Balaban J connectivity index is 1.31. The van der Waals surface area contributed by atoms with Gasteiger partial charge < -0.3 is 10.1 Å². The van der Waals surface area contributed by atoms with Gasteiger partial charge in [0.25, 0.3) is 11.8 Å². The summed E-state index contributed by atoms with van der Waals surface area (Å²) in [5.41, 5.74) is 1.71. The van der Waals surface area contributed by atoms with Crippen LogP contribution >= 0.6 is 0 Å². The van der Waals surface area contributed by atoms with Crippen molar-refractivity contribution in [2.75, 3.05) is 13.7 Å². The van der Waals surface area contributed by atoms with E-state index in [1.165, 1.54) is 5.01 Å². The molecule has 1 N–H and O–H groups in total. The summed E-state index contributed by atoms with van der Waals surface area (Å²) < 4.78 is 5.32. The number of carbonyl (C=O) groups is 3. The topological polar surface area (TPSA) is 91.3 Å². The summed E-state index contributed by atoms with van der Waals surface area (Å²) in [5.74, 6) is 0.0540. The maximum absolute atomic E-state index is 13.8. The average Bonchev–Trinajstić information content (AvgIpc) is 3.51. The van der Waals surface area contributed by atoms with E-state index in [2.05, 4.69) is 29.6 Å². The molecule has 8 heteroatoms. The van der Waals surface area contributed by atoms with Gasteiger partial charge in [0, 0.05) is 6.42 Å². The smallest absolute Gasteiger partial charge is 0.325 e. The number of rotatable bonds is 5. The number of benzene rings is 3. The highest BCUT2D eigenvalue weighted by Gasteiger charge is 2.55. The maximum Gasteiger partial charge on any atom is 0.325 e. The van der Waals surface area contributed by atoms with Crippen LogP contribution in [0.4, 0.5) is 4.79 Å². The molecule has 1 saturated carbocycles. The summed E-state index contributed by atoms with van der Waals surface area (Å²) in [6, 6.07) is 21.0. The number of carbonyl (C=O) groups excluding carboxylic acids is 3. The van der Waals surface area contributed by atoms with Gasteiger partial charge in [0.2, 0.25) is 0 Å². The largest absolute Gasteiger partial charge is 0.497 e. The fraction of sp³-hybridized carbons (Fsp3) is 0.355. The van der Waals surface area contributed by atoms with Crippen LogP contribution in [0.1, 0.15) is 56.2 Å². The first-order chi connectivity index (χ1) is 18.9. The molecule has 200 valence electrons. The van der Waals surface area contributed by atoms with Crippen molar-refractivity contribution in [2.24, 2.45) is 11.0 Å². The van der Waals surface area contributed by atoms with Crippen molar-refractivity contribution in [3.63, 3.8) is 0 Å². The number of amides is 4. The number of urea groups is 1. The van der Waals surface area contributed by atoms with Crippen LogP contribution in [0.15, 0.2) is 71.8 Å². The first kappa shape index (κ1) is 25.1. The predicted molar refractivity (Wildman–Crippen MR) is 148 cm³/mol. The minimum absolute atomic E-state index is 0.0270. The molecule has 3 aromatic carbocycles. The molecule has 0 aromatic heterocycles. The van der Waals surface area contributed by atoms with Crippen molar-refractivity contribution in [3.8, 4) is 5.75 Å². The second-order valence-corrected chi connectivity index (χ2v) is 10.8. The van der Waals surface area contributed by atoms with E-state index in [0.29, 0.717) is 12.8 Å². The van der Waals surface area contributed by atoms with Crippen LogP contribution in [-0.2, 0) is 9.59 Å². The van der Waals surface area contributed by atoms with Gasteiger partial charge in [-0.25, -0.2) is 9.80 Å². The highest BCUT2D eigenvalue weighted by atomic mass is 16.5. The van der Waals surface area contributed by atoms with Crippen LogP contribution in [0.3, 0.4) is 0 Å². The molecule has 4 amide bonds. The molecule has 3 aromatic rings. The van der Waals surface area contributed by atoms with Gasteiger partial charge >= 0.3 is 6.03 Å². The predicted octanol–water partition coefficient (Wildman–Crippen LogP) is 5.03. The van der Waals surface area contributed by atoms with E-state index in [-0.39, 0.29) is 24.4 Å². The van der Waals surface area contributed by atoms with E-state index >= 15 is 0 Å². The zero-order valence-electron chi connectivity index (χ0n) is 22.2. The molecule has 3 atom stereocenters. The van der Waals surface area contributed by atoms with Gasteiger partial charge in [0.15, 0.2) is 0 Å². The fourth-order valence-corrected chi connectivity index (χ4v) is 6.22. The van der Waals surface area contributed by atoms with Crippen molar-refractivity contribution in [1.82, 2.24) is 15.2 Å². The van der Waals surface area contributed by atoms with Crippen molar-refractivity contribution in [1.29, 1.82) is 0 Å². The lowest BCUT2D eigenvalue weighted by molar-refractivity contribution is -0.141. The number of imide groups is 1. The van der Waals surface area contributed by atoms with Gasteiger partial charge in [-0.3, -0.25) is 14.5 Å². The quantitative estimate of drug-likeness (QED) is 0.474. The molecule has 0 bridgehead atoms. The summed E-state index contributed by atoms with van der Waals surface area (Å²) in [6.45, 7) is 1.66. The molecular weight excluding hydrogens is 492 g/mol. The number of fused-ring (bicyclic) bond motifs is 1. The monoisotopic (exact) mass is 524 g/mol. The van der Waals surface area contributed by atoms with Crippen LogP contribution in [0.5, 0.6) is 5.75 Å². The Morgan fingerprint density at radius 1 is 1.05 bits per heavy atom. The van der Waals surface area contributed by atoms with E-state index in [9.17, 15) is 14.4 Å². The number of nitrogens with one attached hydrogen (secondary N) is 1. The van der Waals surface area contributed by atoms with Crippen LogP contribution in [-0.4, -0.2) is 52.7 Å². The Morgan fingerprint density at radius 2 is 1.82 bits per heavy atom. The average molecular weight is 525 g/mol. The Bertz CT molecular complexity index is 1480. The van der Waals surface area contributed by atoms with Gasteiger partial charge in [-0.1, -0.05) is 68.3 Å². The lowest BCUT2D eigenvalue weighted by atomic mass is 9.73. The van der Waals surface area contributed by atoms with E-state index in [1.54, 1.807) is 7.11 Å². The van der Waals surface area contributed by atoms with E-state index < -0.39 is 17.5 Å². The summed E-state index contributed by atoms with van der Waals surface area (Å²) in [6.07, 6.45) is 3.90. The molecule has 2 heterocycles. The van der Waals surface area contributed by atoms with Crippen LogP contribution in [0.2, 0.25) is 0 Å². The van der Waals surface area contributed by atoms with E-state index in [4.69, 9.17) is 9.84 Å². The van der Waals surface area contributed by atoms with Crippen LogP contribution in [0.25, 0.3) is 10.8 Å². The minimum atomic E-state index is -0.907. The molecule has 0 unspecified atom stereocenters. The molecule has 8 nitrogen and oxygen atoms in total. The van der Waals surface area contributed by atoms with Gasteiger partial charge in [0.05, 0.1) is 18.9 Å². The molecule has 1 spiro atoms. The van der Waals surface area contributed by atoms with Crippen LogP contribution in [0, 0.1) is 5.92 Å². The Labute approximate surface area is 227 Å². The van der Waals surface area contributed by atoms with Gasteiger partial charge in [-0.05, 0) is 58.9 Å². The van der Waals surface area contributed by atoms with Crippen molar-refractivity contribution < 1.29 is 19.1 Å². The van der Waals surface area contributed by atoms with Gasteiger partial charge in [-0.15, -0.1) is 0 Å². The number of hydrogen-bond acceptors (Lipinski definition) is 5. The molecule has 6 rings (SSSR count). The fourth-order valence-electron chi connectivity index (χ4n) is 6.22. The maximum atomic E-state index is 13.8. The zero-order valence-corrected chi connectivity index (χ0v) is 22.2. The standard InChI is InChI=1S/C31H32N4O4/c1-20-7-5-6-16-31(20)29(37)34(30(38)32-31)19-28(36)35-27(22-12-14-25(39-2)15-13-22)18-26(33-35)24-11-10-21-8-3-4-9-23(21)17-24/h3-4,8-15,17,20,27H,5-7,16,18-19H2,1-2H3,(H,32,38)/t20-,27+,31+/m0/s1. The lowest BCUT2D eigenvalue weighted by Gasteiger charge is -2.36. The zero-order chi connectivity index (χ0) is 27.1. The summed E-state index contributed by atoms with van der Waals surface area (Å²) in [4.78, 5) is 41.3. The van der Waals surface area contributed by atoms with Crippen molar-refractivity contribution >= 4 is 34.3 Å². The first-order valence-corrected chi connectivity index (χ1v) is 13.6. The highest BCUT2D eigenvalue weighted by Crippen LogP contribution is 2.39. The SMILES string of the molecule is COc1ccc([C@H]2CC(c3ccc4ccccc4c3)=NN2C(=O)CN2C(=O)N[C@@]3(CCCC[C@@H]3C)C2=O)cc1. The summed E-state index contributed by atoms with van der Waals surface area (Å²) in [5, 5.41) is 11.4. The van der Waals surface area contributed by atoms with Crippen molar-refractivity contribution in [3.05, 3.63) is 77.9 Å². The number of methoxy groups -OCH3 is 1. The number of hydrogen-bond donors (Lipinski definition) is 1. The van der Waals surface area contributed by atoms with E-state index in [0.717, 1.165) is 57.5 Å². The lowest BCUT2D eigenvalue weighted by Crippen LogP contribution is -2.54. The Morgan fingerprint density at radius 3 is 2.56 bits per heavy atom. The molecule has 3 aliphatic rings. The first-order valence-electron chi connectivity index (χ1n) is 13.6. The molecule has 1 saturated heterocycles. The van der Waals surface area contributed by atoms with Crippen LogP contribution < -0.4 is 10.1 Å². The summed E-state index contributed by atoms with van der Waals surface area (Å²) >= 11 is 0. The minimum Gasteiger partial charge on any atom is -0.497 e. The third-order valence-electron chi connectivity index (χ3n) is 8.54. The molecule has 0 radical (unpaired) electrons. The van der Waals surface area contributed by atoms with E-state index in [1.807, 2.05) is 49.4 Å². The number of nitrogens with zero attached hydrogens (tertiary/aromatic N) is 3. The highest BCUT2D eigenvalue weighted by molar-refractivity contribution is 6.10. The second kappa shape index (κ2) is 9.84. The third-order valence-corrected chi connectivity index (χ3v) is 8.54. The van der Waals surface area contributed by atoms with Crippen molar-refractivity contribution in [2.45, 2.75) is 50.6 Å². The van der Waals surface area contributed by atoms with Gasteiger partial charge in [0.1, 0.15) is 17.8 Å². The number of ether oxygens (including phenoxy) is 1. The molecular formula is C31H32N4O4. The second-order valence-electron chi connectivity index (χ2n) is 10.8. The molecule has 39 heavy (non-hydrogen) atoms. The molecule has 1 aliphatic carbocycles.